The first kappa shape index (κ1) is 23.3. The van der Waals surface area contributed by atoms with Crippen molar-refractivity contribution in [3.63, 3.8) is 0 Å². The molecule has 0 bridgehead atoms. The number of hydrogen-bond acceptors (Lipinski definition) is 4. The van der Waals surface area contributed by atoms with Gasteiger partial charge in [0, 0.05) is 0 Å². The van der Waals surface area contributed by atoms with Crippen LogP contribution in [0.15, 0.2) is 0 Å². The summed E-state index contributed by atoms with van der Waals surface area (Å²) < 4.78 is 34.5. The van der Waals surface area contributed by atoms with Crippen molar-refractivity contribution in [2.24, 2.45) is 0 Å². The van der Waals surface area contributed by atoms with Gasteiger partial charge >= 0.3 is 141 Å². The zero-order valence-electron chi connectivity index (χ0n) is 5.53. The Bertz CT molecular complexity index is 73.7. The molecule has 0 aromatic rings. The van der Waals surface area contributed by atoms with Crippen LogP contribution in [0.25, 0.3) is 0 Å². The van der Waals surface area contributed by atoms with Gasteiger partial charge in [-0.05, 0) is 0 Å². The summed E-state index contributed by atoms with van der Waals surface area (Å²) in [5.41, 5.74) is 0. The van der Waals surface area contributed by atoms with Crippen molar-refractivity contribution in [2.45, 2.75) is 0 Å². The van der Waals surface area contributed by atoms with Gasteiger partial charge in [0.15, 0.2) is 0 Å². The van der Waals surface area contributed by atoms with E-state index in [2.05, 4.69) is 0 Å². The molecule has 0 rings (SSSR count). The first-order chi connectivity index (χ1) is 3.46. The molecule has 0 saturated carbocycles. The van der Waals surface area contributed by atoms with Crippen molar-refractivity contribution < 1.29 is 146 Å². The molecule has 0 aromatic heterocycles. The molecular formula is H2K2O6SiTi. The van der Waals surface area contributed by atoms with Gasteiger partial charge in [-0.3, -0.25) is 4.46 Å². The van der Waals surface area contributed by atoms with Gasteiger partial charge in [0.1, 0.15) is 0 Å². The Labute approximate surface area is 151 Å². The van der Waals surface area contributed by atoms with Crippen molar-refractivity contribution in [2.75, 3.05) is 0 Å². The molecule has 0 amide bonds. The fourth-order valence-electron chi connectivity index (χ4n) is 0. The molecule has 0 heterocycles. The Kier molecular flexibility index (Phi) is 42.3. The Balaban J connectivity index is -0.0000000300. The molecule has 0 saturated heterocycles. The SMILES string of the molecule is O=[Si](O)O.[K+].[K+].[O]=[Ti]([O-])[O-]. The van der Waals surface area contributed by atoms with Gasteiger partial charge in [0.05, 0.1) is 0 Å². The molecule has 48 valence electrons. The summed E-state index contributed by atoms with van der Waals surface area (Å²) >= 11 is -4.08. The van der Waals surface area contributed by atoms with Crippen LogP contribution in [-0.4, -0.2) is 18.8 Å². The first-order valence-corrected chi connectivity index (χ1v) is 4.48. The van der Waals surface area contributed by atoms with Crippen molar-refractivity contribution in [1.82, 2.24) is 0 Å². The van der Waals surface area contributed by atoms with Gasteiger partial charge in [-0.15, -0.1) is 0 Å². The van der Waals surface area contributed by atoms with Crippen LogP contribution in [0.2, 0.25) is 0 Å². The normalized spacial score (nSPS) is 5.00. The average molecular weight is 252 g/mol. The molecule has 0 spiro atoms. The van der Waals surface area contributed by atoms with E-state index >= 15 is 0 Å². The predicted octanol–water partition coefficient (Wildman–Crippen LogP) is -10.1. The van der Waals surface area contributed by atoms with Crippen LogP contribution >= 0.6 is 0 Å². The molecule has 0 fully saturated rings. The Morgan fingerprint density at radius 2 is 1.20 bits per heavy atom. The third-order valence-corrected chi connectivity index (χ3v) is 0. The maximum absolute atomic E-state index is 8.74. The molecule has 0 radical (unpaired) electrons. The number of rotatable bonds is 0. The van der Waals surface area contributed by atoms with E-state index in [1.54, 1.807) is 0 Å². The molecule has 0 aliphatic carbocycles. The summed E-state index contributed by atoms with van der Waals surface area (Å²) in [5, 5.41) is 0. The van der Waals surface area contributed by atoms with Crippen LogP contribution in [0, 0.1) is 0 Å². The second-order valence-electron chi connectivity index (χ2n) is 0.533. The summed E-state index contributed by atoms with van der Waals surface area (Å²) in [7, 11) is -3.13. The summed E-state index contributed by atoms with van der Waals surface area (Å²) in [6.45, 7) is 0. The van der Waals surface area contributed by atoms with Crippen molar-refractivity contribution in [1.29, 1.82) is 0 Å². The molecule has 0 unspecified atom stereocenters. The summed E-state index contributed by atoms with van der Waals surface area (Å²) in [6, 6.07) is 0. The van der Waals surface area contributed by atoms with E-state index in [1.807, 2.05) is 0 Å². The van der Waals surface area contributed by atoms with E-state index in [4.69, 9.17) is 24.8 Å². The topological polar surface area (TPSA) is 121 Å². The molecule has 0 aliphatic rings. The van der Waals surface area contributed by atoms with Gasteiger partial charge in [-0.1, -0.05) is 0 Å². The number of hydrogen-bond donors (Lipinski definition) is 2. The van der Waals surface area contributed by atoms with Crippen LogP contribution in [-0.2, 0) is 26.4 Å². The average Bonchev–Trinajstić information content (AvgIpc) is 1.25. The van der Waals surface area contributed by atoms with Gasteiger partial charge in [0.25, 0.3) is 0 Å². The molecule has 10 heavy (non-hydrogen) atoms. The molecule has 6 nitrogen and oxygen atoms in total. The van der Waals surface area contributed by atoms with E-state index in [9.17, 15) is 0 Å². The van der Waals surface area contributed by atoms with Crippen molar-refractivity contribution in [3.8, 4) is 0 Å². The van der Waals surface area contributed by atoms with E-state index in [-0.39, 0.29) is 103 Å². The molecule has 2 N–H and O–H groups in total. The van der Waals surface area contributed by atoms with Crippen molar-refractivity contribution >= 4 is 9.17 Å². The van der Waals surface area contributed by atoms with Crippen LogP contribution in [0.1, 0.15) is 0 Å². The summed E-state index contributed by atoms with van der Waals surface area (Å²) in [4.78, 5) is 14.3. The van der Waals surface area contributed by atoms with E-state index in [0.29, 0.717) is 0 Å². The standard InChI is InChI=1S/2K.H2O3Si.3O.Ti/c;;1-4(2)3;;;;/h;;1-2H;;;;/q2*+1;;;2*-1;. The molecule has 0 atom stereocenters. The Hall–Kier alpha value is 3.32. The van der Waals surface area contributed by atoms with Gasteiger partial charge in [-0.2, -0.15) is 0 Å². The molecule has 0 aliphatic heterocycles. The molecule has 0 aromatic carbocycles. The fourth-order valence-corrected chi connectivity index (χ4v) is 0. The zero-order chi connectivity index (χ0) is 7.15. The monoisotopic (exact) mass is 252 g/mol. The quantitative estimate of drug-likeness (QED) is 0.413. The van der Waals surface area contributed by atoms with Crippen LogP contribution in [0.3, 0.4) is 0 Å². The Morgan fingerprint density at radius 1 is 1.20 bits per heavy atom. The molecular weight excluding hydrogens is 250 g/mol. The second kappa shape index (κ2) is 18.2. The summed E-state index contributed by atoms with van der Waals surface area (Å²) in [5.74, 6) is 0. The van der Waals surface area contributed by atoms with Crippen LogP contribution in [0.4, 0.5) is 0 Å². The van der Waals surface area contributed by atoms with Crippen LogP contribution in [0.5, 0.6) is 0 Å². The predicted molar refractivity (Wildman–Crippen MR) is 11.6 cm³/mol. The van der Waals surface area contributed by atoms with Crippen molar-refractivity contribution in [3.05, 3.63) is 0 Å². The van der Waals surface area contributed by atoms with E-state index in [0.717, 1.165) is 0 Å². The zero-order valence-corrected chi connectivity index (χ0v) is 14.3. The van der Waals surface area contributed by atoms with Gasteiger partial charge in [0.2, 0.25) is 0 Å². The second-order valence-corrected chi connectivity index (χ2v) is 1.88. The van der Waals surface area contributed by atoms with Gasteiger partial charge < -0.3 is 9.59 Å². The van der Waals surface area contributed by atoms with Gasteiger partial charge in [-0.25, -0.2) is 0 Å². The first-order valence-electron chi connectivity index (χ1n) is 1.26. The van der Waals surface area contributed by atoms with E-state index in [1.165, 1.54) is 0 Å². The minimum absolute atomic E-state index is 0. The fraction of sp³-hybridized carbons (Fsp3) is 0. The van der Waals surface area contributed by atoms with E-state index < -0.39 is 27.8 Å². The molecule has 10 heteroatoms. The van der Waals surface area contributed by atoms with Crippen LogP contribution < -0.4 is 110 Å². The third kappa shape index (κ3) is 109. The third-order valence-electron chi connectivity index (χ3n) is 0. The minimum atomic E-state index is -4.08. The summed E-state index contributed by atoms with van der Waals surface area (Å²) in [6.07, 6.45) is 0. The maximum atomic E-state index is 8.74. The Morgan fingerprint density at radius 3 is 1.20 bits per heavy atom.